The molecule has 0 aliphatic heterocycles. The molecule has 0 saturated heterocycles. The Morgan fingerprint density at radius 3 is 2.31 bits per heavy atom. The van der Waals surface area contributed by atoms with Gasteiger partial charge in [0.1, 0.15) is 0 Å². The molecule has 3 saturated carbocycles. The van der Waals surface area contributed by atoms with Crippen molar-refractivity contribution >= 4 is 83.1 Å². The second kappa shape index (κ2) is 8.85. The Morgan fingerprint density at radius 2 is 1.67 bits per heavy atom. The van der Waals surface area contributed by atoms with Crippen molar-refractivity contribution in [3.05, 3.63) is 23.5 Å². The number of ketones is 2. The van der Waals surface area contributed by atoms with Crippen molar-refractivity contribution in [2.24, 2.45) is 28.6 Å². The third kappa shape index (κ3) is 3.39. The van der Waals surface area contributed by atoms with E-state index in [-0.39, 0.29) is 41.4 Å². The second-order valence-corrected chi connectivity index (χ2v) is 22.3. The number of carbonyl (C=O) groups excluding carboxylic acids is 3. The van der Waals surface area contributed by atoms with Crippen LogP contribution in [0, 0.1) is 28.6 Å². The molecule has 3 fully saturated rings. The number of allylic oxidation sites excluding steroid dienone is 4. The van der Waals surface area contributed by atoms with Crippen LogP contribution in [0.15, 0.2) is 23.5 Å². The first-order chi connectivity index (χ1) is 16.5. The van der Waals surface area contributed by atoms with Gasteiger partial charge in [0, 0.05) is 0 Å². The number of carbonyl (C=O) groups is 3. The maximum atomic E-state index is 14.6. The molecule has 5 rings (SSSR count). The molecule has 0 amide bonds. The molecular weight excluding hydrogens is 908 g/mol. The quantitative estimate of drug-likeness (QED) is 0.258. The zero-order chi connectivity index (χ0) is 26.7. The summed E-state index contributed by atoms with van der Waals surface area (Å²) in [5.41, 5.74) is 0.388. The van der Waals surface area contributed by atoms with E-state index >= 15 is 0 Å². The molecule has 0 spiro atoms. The minimum atomic E-state index is -0.703. The van der Waals surface area contributed by atoms with Gasteiger partial charge in [0.2, 0.25) is 0 Å². The number of hydrogen-bond donors (Lipinski definition) is 1. The fourth-order valence-electron chi connectivity index (χ4n) is 9.23. The Balaban J connectivity index is 1.72. The summed E-state index contributed by atoms with van der Waals surface area (Å²) < 4.78 is -1.22. The number of Topliss-reactive ketones (excluding diaryl/α,β-unsaturated/α-hetero) is 1. The number of aliphatic hydroxyl groups excluding tert-OH is 1. The normalized spacial score (nSPS) is 52.4. The molecule has 0 aromatic rings. The van der Waals surface area contributed by atoms with Crippen LogP contribution in [0.25, 0.3) is 0 Å². The van der Waals surface area contributed by atoms with Crippen molar-refractivity contribution in [2.45, 2.75) is 93.3 Å². The number of rotatable bonds is 2. The molecule has 5 aliphatic rings. The van der Waals surface area contributed by atoms with E-state index in [0.29, 0.717) is 9.71 Å². The summed E-state index contributed by atoms with van der Waals surface area (Å²) in [4.78, 5) is 40.2. The van der Waals surface area contributed by atoms with Crippen molar-refractivity contribution in [3.63, 3.8) is 0 Å². The van der Waals surface area contributed by atoms with Gasteiger partial charge in [-0.05, 0) is 0 Å². The first kappa shape index (κ1) is 28.7. The zero-order valence-corrected chi connectivity index (χ0v) is 30.2. The molecule has 9 atom stereocenters. The van der Waals surface area contributed by atoms with Crippen LogP contribution in [-0.2, 0) is 14.4 Å². The summed E-state index contributed by atoms with van der Waals surface area (Å²) in [6.07, 6.45) is 10.9. The number of hydrogen-bond acceptors (Lipinski definition) is 4. The second-order valence-electron chi connectivity index (χ2n) is 12.5. The van der Waals surface area contributed by atoms with E-state index in [1.54, 1.807) is 13.0 Å². The number of fused-ring (bicyclic) bond motifs is 7. The van der Waals surface area contributed by atoms with Gasteiger partial charge in [-0.1, -0.05) is 0 Å². The Labute approximate surface area is 266 Å². The van der Waals surface area contributed by atoms with E-state index in [1.807, 2.05) is 13.0 Å². The van der Waals surface area contributed by atoms with Crippen molar-refractivity contribution in [1.82, 2.24) is 0 Å². The molecular formula is C28H35I4O4-. The monoisotopic (exact) mass is 943 g/mol. The molecule has 5 aliphatic carbocycles. The van der Waals surface area contributed by atoms with E-state index in [4.69, 9.17) is 0 Å². The molecule has 1 N–H and O–H groups in total. The van der Waals surface area contributed by atoms with Gasteiger partial charge >= 0.3 is 269 Å². The van der Waals surface area contributed by atoms with Crippen LogP contribution >= 0.6 is 67.8 Å². The van der Waals surface area contributed by atoms with Gasteiger partial charge in [0.25, 0.3) is 0 Å². The summed E-state index contributed by atoms with van der Waals surface area (Å²) in [6.45, 7) is 10.5. The number of halogens is 4. The predicted molar refractivity (Wildman–Crippen MR) is 163 cm³/mol. The van der Waals surface area contributed by atoms with E-state index in [0.717, 1.165) is 50.5 Å². The van der Waals surface area contributed by atoms with Crippen LogP contribution in [0.5, 0.6) is 0 Å². The Bertz CT molecular complexity index is 1130. The average molecular weight is 943 g/mol. The molecule has 0 bridgehead atoms. The van der Waals surface area contributed by atoms with Crippen molar-refractivity contribution in [2.75, 3.05) is 0 Å². The van der Waals surface area contributed by atoms with Gasteiger partial charge in [0.15, 0.2) is 0 Å². The van der Waals surface area contributed by atoms with Crippen LogP contribution in [-0.4, -0.2) is 34.1 Å². The van der Waals surface area contributed by atoms with Crippen LogP contribution in [0.4, 0.5) is 0 Å². The predicted octanol–water partition coefficient (Wildman–Crippen LogP) is 4.09. The zero-order valence-electron chi connectivity index (χ0n) is 21.5. The van der Waals surface area contributed by atoms with Crippen LogP contribution in [0.2, 0.25) is 0 Å². The van der Waals surface area contributed by atoms with E-state index in [2.05, 4.69) is 88.5 Å². The van der Waals surface area contributed by atoms with Crippen LogP contribution in [0.1, 0.15) is 79.6 Å². The molecule has 0 heterocycles. The average Bonchev–Trinajstić information content (AvgIpc) is 2.76. The molecule has 9 unspecified atom stereocenters. The molecule has 4 nitrogen and oxygen atoms in total. The molecule has 200 valence electrons. The van der Waals surface area contributed by atoms with Crippen molar-refractivity contribution in [1.29, 1.82) is 0 Å². The fourth-order valence-corrected chi connectivity index (χ4v) is 19.4. The Hall–Kier alpha value is 1.21. The molecule has 0 radical (unpaired) electrons. The van der Waals surface area contributed by atoms with Gasteiger partial charge in [-0.2, -0.15) is 0 Å². The minimum absolute atomic E-state index is 0.0382. The summed E-state index contributed by atoms with van der Waals surface area (Å²) in [5, 5.41) is 10.8. The fraction of sp³-hybridized carbons (Fsp3) is 0.750. The Morgan fingerprint density at radius 1 is 1.03 bits per heavy atom. The maximum absolute atomic E-state index is 14.6. The van der Waals surface area contributed by atoms with Gasteiger partial charge in [-0.15, -0.1) is 0 Å². The first-order valence-corrected chi connectivity index (χ1v) is 18.4. The SMILES string of the molecule is CC(=O)[I-]C12CCCC(C)C1(I)C1(I)C(=O)C=C3C4(C)C=C(O)C(=O)C(C)(I)C4CCC3(C)C1CC2. The van der Waals surface area contributed by atoms with Gasteiger partial charge < -0.3 is 0 Å². The number of alkyl halides is 4. The summed E-state index contributed by atoms with van der Waals surface area (Å²) >= 11 is 6.80. The molecule has 0 aromatic heterocycles. The third-order valence-electron chi connectivity index (χ3n) is 10.7. The summed E-state index contributed by atoms with van der Waals surface area (Å²) in [5.74, 6) is 0.422. The van der Waals surface area contributed by atoms with E-state index in [9.17, 15) is 19.5 Å². The molecule has 0 aromatic carbocycles. The standard InChI is InChI=1S/C28H35I4O4/c1-15-7-6-10-26(32-16(2)33)12-9-19-23(3)11-8-18-24(4,14-17(34)22(36)25(18,5)29)20(23)13-21(35)27(19,30)28(15,26)31/h13-15,18-19,34H,6-12H2,1-5H3/q-1. The number of aliphatic hydroxyl groups is 1. The van der Waals surface area contributed by atoms with Crippen LogP contribution < -0.4 is 21.2 Å². The van der Waals surface area contributed by atoms with Crippen molar-refractivity contribution < 1.29 is 40.7 Å². The van der Waals surface area contributed by atoms with Crippen LogP contribution in [0.3, 0.4) is 0 Å². The van der Waals surface area contributed by atoms with E-state index in [1.165, 1.54) is 0 Å². The first-order valence-electron chi connectivity index (χ1n) is 13.0. The third-order valence-corrected chi connectivity index (χ3v) is 22.8. The van der Waals surface area contributed by atoms with Gasteiger partial charge in [0.05, 0.1) is 0 Å². The van der Waals surface area contributed by atoms with Crippen molar-refractivity contribution in [3.8, 4) is 0 Å². The van der Waals surface area contributed by atoms with E-state index < -0.39 is 33.5 Å². The Kier molecular flexibility index (Phi) is 7.06. The topological polar surface area (TPSA) is 71.4 Å². The summed E-state index contributed by atoms with van der Waals surface area (Å²) in [7, 11) is 0. The summed E-state index contributed by atoms with van der Waals surface area (Å²) in [6, 6.07) is 0. The van der Waals surface area contributed by atoms with Gasteiger partial charge in [-0.25, -0.2) is 0 Å². The van der Waals surface area contributed by atoms with Gasteiger partial charge in [-0.3, -0.25) is 0 Å². The molecule has 8 heteroatoms. The molecule has 36 heavy (non-hydrogen) atoms.